The van der Waals surface area contributed by atoms with E-state index in [4.69, 9.17) is 14.6 Å². The van der Waals surface area contributed by atoms with Gasteiger partial charge in [0, 0.05) is 24.7 Å². The van der Waals surface area contributed by atoms with Gasteiger partial charge in [-0.1, -0.05) is 0 Å². The number of rotatable bonds is 2. The number of benzene rings is 1. The summed E-state index contributed by atoms with van der Waals surface area (Å²) in [7, 11) is -3.71. The second kappa shape index (κ2) is 4.64. The van der Waals surface area contributed by atoms with E-state index in [0.29, 0.717) is 30.4 Å². The summed E-state index contributed by atoms with van der Waals surface area (Å²) < 4.78 is 33.5. The fourth-order valence-electron chi connectivity index (χ4n) is 2.34. The van der Waals surface area contributed by atoms with Gasteiger partial charge in [0.15, 0.2) is 11.5 Å². The van der Waals surface area contributed by atoms with Crippen LogP contribution in [0.15, 0.2) is 18.2 Å². The maximum absolute atomic E-state index is 11.9. The molecule has 1 fully saturated rings. The molecule has 1 atom stereocenters. The molecule has 1 amide bonds. The standard InChI is InChI=1S/C12H14N2O5S/c13-20(16,17)9-6-12(15)14(7-9)8-1-2-10-11(5-8)19-4-3-18-10/h1-2,5,9H,3-4,6-7H2,(H2,13,16,17). The van der Waals surface area contributed by atoms with E-state index in [9.17, 15) is 13.2 Å². The summed E-state index contributed by atoms with van der Waals surface area (Å²) in [6.45, 7) is 1.00. The first kappa shape index (κ1) is 13.2. The lowest BCUT2D eigenvalue weighted by Crippen LogP contribution is -2.32. The minimum absolute atomic E-state index is 0.0668. The lowest BCUT2D eigenvalue weighted by Gasteiger charge is -2.22. The van der Waals surface area contributed by atoms with E-state index < -0.39 is 15.3 Å². The number of carbonyl (C=O) groups is 1. The van der Waals surface area contributed by atoms with Crippen LogP contribution in [0.1, 0.15) is 6.42 Å². The third kappa shape index (κ3) is 2.32. The van der Waals surface area contributed by atoms with Gasteiger partial charge in [0.1, 0.15) is 18.5 Å². The van der Waals surface area contributed by atoms with Gasteiger partial charge in [-0.2, -0.15) is 0 Å². The van der Waals surface area contributed by atoms with Gasteiger partial charge in [0.25, 0.3) is 0 Å². The number of primary sulfonamides is 1. The molecule has 2 heterocycles. The first-order chi connectivity index (χ1) is 9.45. The van der Waals surface area contributed by atoms with E-state index in [1.165, 1.54) is 4.90 Å². The topological polar surface area (TPSA) is 98.9 Å². The van der Waals surface area contributed by atoms with Crippen LogP contribution in [0, 0.1) is 0 Å². The van der Waals surface area contributed by atoms with Crippen LogP contribution in [-0.2, 0) is 14.8 Å². The average molecular weight is 298 g/mol. The first-order valence-corrected chi connectivity index (χ1v) is 7.78. The normalized spacial score (nSPS) is 22.1. The fourth-order valence-corrected chi connectivity index (χ4v) is 3.08. The second-order valence-electron chi connectivity index (χ2n) is 4.75. The van der Waals surface area contributed by atoms with Gasteiger partial charge in [0.05, 0.1) is 0 Å². The van der Waals surface area contributed by atoms with Crippen LogP contribution in [0.4, 0.5) is 5.69 Å². The fraction of sp³-hybridized carbons (Fsp3) is 0.417. The summed E-state index contributed by atoms with van der Waals surface area (Å²) in [4.78, 5) is 13.3. The minimum Gasteiger partial charge on any atom is -0.486 e. The molecule has 0 spiro atoms. The Morgan fingerprint density at radius 1 is 1.20 bits per heavy atom. The molecular formula is C12H14N2O5S. The van der Waals surface area contributed by atoms with Crippen LogP contribution < -0.4 is 19.5 Å². The summed E-state index contributed by atoms with van der Waals surface area (Å²) >= 11 is 0. The van der Waals surface area contributed by atoms with E-state index in [2.05, 4.69) is 0 Å². The second-order valence-corrected chi connectivity index (χ2v) is 6.59. The number of hydrogen-bond acceptors (Lipinski definition) is 5. The summed E-state index contributed by atoms with van der Waals surface area (Å²) in [5.74, 6) is 0.913. The summed E-state index contributed by atoms with van der Waals surface area (Å²) in [5, 5.41) is 4.24. The van der Waals surface area contributed by atoms with Gasteiger partial charge in [0.2, 0.25) is 15.9 Å². The lowest BCUT2D eigenvalue weighted by molar-refractivity contribution is -0.117. The molecule has 0 radical (unpaired) electrons. The van der Waals surface area contributed by atoms with Crippen LogP contribution in [-0.4, -0.2) is 39.3 Å². The van der Waals surface area contributed by atoms with Gasteiger partial charge in [-0.05, 0) is 12.1 Å². The van der Waals surface area contributed by atoms with Crippen molar-refractivity contribution in [1.82, 2.24) is 0 Å². The monoisotopic (exact) mass is 298 g/mol. The van der Waals surface area contributed by atoms with Crippen molar-refractivity contribution in [2.24, 2.45) is 5.14 Å². The number of nitrogens with zero attached hydrogens (tertiary/aromatic N) is 1. The molecule has 0 aliphatic carbocycles. The maximum atomic E-state index is 11.9. The third-order valence-electron chi connectivity index (χ3n) is 3.39. The SMILES string of the molecule is NS(=O)(=O)C1CC(=O)N(c2ccc3c(c2)OCCO3)C1. The Bertz CT molecular complexity index is 658. The molecule has 1 saturated heterocycles. The van der Waals surface area contributed by atoms with Gasteiger partial charge in [-0.25, -0.2) is 13.6 Å². The third-order valence-corrected chi connectivity index (χ3v) is 4.64. The van der Waals surface area contributed by atoms with Gasteiger partial charge < -0.3 is 14.4 Å². The van der Waals surface area contributed by atoms with E-state index in [1.807, 2.05) is 0 Å². The number of sulfonamides is 1. The molecule has 0 bridgehead atoms. The summed E-state index contributed by atoms with van der Waals surface area (Å²) in [5.41, 5.74) is 0.588. The lowest BCUT2D eigenvalue weighted by atomic mass is 10.2. The van der Waals surface area contributed by atoms with Crippen LogP contribution in [0.3, 0.4) is 0 Å². The van der Waals surface area contributed by atoms with Crippen LogP contribution in [0.5, 0.6) is 11.5 Å². The molecule has 0 saturated carbocycles. The van der Waals surface area contributed by atoms with E-state index in [1.54, 1.807) is 18.2 Å². The number of ether oxygens (including phenoxy) is 2. The quantitative estimate of drug-likeness (QED) is 0.818. The van der Waals surface area contributed by atoms with Gasteiger partial charge >= 0.3 is 0 Å². The first-order valence-electron chi connectivity index (χ1n) is 6.17. The van der Waals surface area contributed by atoms with Crippen molar-refractivity contribution in [1.29, 1.82) is 0 Å². The molecular weight excluding hydrogens is 284 g/mol. The highest BCUT2D eigenvalue weighted by Gasteiger charge is 2.37. The largest absolute Gasteiger partial charge is 0.486 e. The zero-order chi connectivity index (χ0) is 14.3. The predicted octanol–water partition coefficient (Wildman–Crippen LogP) is -0.148. The number of anilines is 1. The minimum atomic E-state index is -3.71. The van der Waals surface area contributed by atoms with Crippen molar-refractivity contribution in [3.63, 3.8) is 0 Å². The molecule has 3 rings (SSSR count). The molecule has 20 heavy (non-hydrogen) atoms. The van der Waals surface area contributed by atoms with Crippen molar-refractivity contribution in [2.75, 3.05) is 24.7 Å². The summed E-state index contributed by atoms with van der Waals surface area (Å²) in [6, 6.07) is 5.09. The van der Waals surface area contributed by atoms with Crippen molar-refractivity contribution < 1.29 is 22.7 Å². The molecule has 0 aromatic heterocycles. The van der Waals surface area contributed by atoms with Crippen molar-refractivity contribution in [3.05, 3.63) is 18.2 Å². The molecule has 108 valence electrons. The highest BCUT2D eigenvalue weighted by Crippen LogP contribution is 2.35. The molecule has 1 aromatic rings. The smallest absolute Gasteiger partial charge is 0.228 e. The molecule has 1 unspecified atom stereocenters. The molecule has 2 N–H and O–H groups in total. The van der Waals surface area contributed by atoms with Gasteiger partial charge in [-0.3, -0.25) is 4.79 Å². The highest BCUT2D eigenvalue weighted by atomic mass is 32.2. The van der Waals surface area contributed by atoms with E-state index in [-0.39, 0.29) is 18.9 Å². The van der Waals surface area contributed by atoms with Crippen molar-refractivity contribution >= 4 is 21.6 Å². The predicted molar refractivity (Wildman–Crippen MR) is 71.3 cm³/mol. The number of fused-ring (bicyclic) bond motifs is 1. The van der Waals surface area contributed by atoms with Crippen LogP contribution >= 0.6 is 0 Å². The van der Waals surface area contributed by atoms with Crippen LogP contribution in [0.2, 0.25) is 0 Å². The molecule has 2 aliphatic heterocycles. The number of carbonyl (C=O) groups excluding carboxylic acids is 1. The summed E-state index contributed by atoms with van der Waals surface area (Å²) in [6.07, 6.45) is -0.0900. The van der Waals surface area contributed by atoms with Crippen molar-refractivity contribution in [2.45, 2.75) is 11.7 Å². The Morgan fingerprint density at radius 3 is 2.55 bits per heavy atom. The zero-order valence-corrected chi connectivity index (χ0v) is 11.4. The highest BCUT2D eigenvalue weighted by molar-refractivity contribution is 7.89. The Morgan fingerprint density at radius 2 is 1.90 bits per heavy atom. The molecule has 2 aliphatic rings. The Labute approximate surface area is 116 Å². The van der Waals surface area contributed by atoms with E-state index in [0.717, 1.165) is 0 Å². The van der Waals surface area contributed by atoms with Gasteiger partial charge in [-0.15, -0.1) is 0 Å². The Hall–Kier alpha value is -1.80. The molecule has 1 aromatic carbocycles. The number of amides is 1. The van der Waals surface area contributed by atoms with E-state index >= 15 is 0 Å². The Kier molecular flexibility index (Phi) is 3.06. The number of hydrogen-bond donors (Lipinski definition) is 1. The Balaban J connectivity index is 1.88. The number of nitrogens with two attached hydrogens (primary N) is 1. The van der Waals surface area contributed by atoms with Crippen molar-refractivity contribution in [3.8, 4) is 11.5 Å². The molecule has 8 heteroatoms. The zero-order valence-electron chi connectivity index (χ0n) is 10.6. The average Bonchev–Trinajstić information content (AvgIpc) is 2.80. The molecule has 7 nitrogen and oxygen atoms in total. The maximum Gasteiger partial charge on any atom is 0.228 e. The van der Waals surface area contributed by atoms with Crippen LogP contribution in [0.25, 0.3) is 0 Å².